The van der Waals surface area contributed by atoms with E-state index in [2.05, 4.69) is 15.3 Å². The SMILES string of the molecule is CCOC(=O)N1CCN(c2cc(C(=O)Nc3ccc(OC)cc3)ncn2)CC1. The van der Waals surface area contributed by atoms with Gasteiger partial charge in [-0.2, -0.15) is 0 Å². The molecular weight excluding hydrogens is 362 g/mol. The summed E-state index contributed by atoms with van der Waals surface area (Å²) >= 11 is 0. The molecule has 1 N–H and O–H groups in total. The van der Waals surface area contributed by atoms with Gasteiger partial charge in [0.15, 0.2) is 0 Å². The molecule has 0 aliphatic carbocycles. The van der Waals surface area contributed by atoms with Crippen LogP contribution in [0.25, 0.3) is 0 Å². The second-order valence-corrected chi connectivity index (χ2v) is 6.12. The van der Waals surface area contributed by atoms with Gasteiger partial charge in [0.2, 0.25) is 0 Å². The number of hydrogen-bond acceptors (Lipinski definition) is 7. The molecule has 1 aliphatic heterocycles. The molecular formula is C19H23N5O4. The normalized spacial score (nSPS) is 13.8. The van der Waals surface area contributed by atoms with Crippen molar-refractivity contribution in [2.75, 3.05) is 50.1 Å². The predicted molar refractivity (Wildman–Crippen MR) is 104 cm³/mol. The molecule has 1 aromatic carbocycles. The van der Waals surface area contributed by atoms with Crippen LogP contribution in [0.1, 0.15) is 17.4 Å². The Balaban J connectivity index is 1.62. The number of carbonyl (C=O) groups excluding carboxylic acids is 2. The molecule has 0 radical (unpaired) electrons. The zero-order chi connectivity index (χ0) is 19.9. The van der Waals surface area contributed by atoms with E-state index in [1.165, 1.54) is 6.33 Å². The van der Waals surface area contributed by atoms with Gasteiger partial charge in [0.1, 0.15) is 23.6 Å². The quantitative estimate of drug-likeness (QED) is 0.841. The van der Waals surface area contributed by atoms with Crippen LogP contribution in [0.5, 0.6) is 5.75 Å². The summed E-state index contributed by atoms with van der Waals surface area (Å²) in [4.78, 5) is 36.3. The molecule has 0 bridgehead atoms. The number of carbonyl (C=O) groups is 2. The molecule has 0 spiro atoms. The molecule has 1 aromatic heterocycles. The van der Waals surface area contributed by atoms with Crippen LogP contribution in [0.2, 0.25) is 0 Å². The van der Waals surface area contributed by atoms with Crippen LogP contribution in [0.3, 0.4) is 0 Å². The second-order valence-electron chi connectivity index (χ2n) is 6.12. The minimum Gasteiger partial charge on any atom is -0.497 e. The molecule has 0 saturated carbocycles. The highest BCUT2D eigenvalue weighted by atomic mass is 16.6. The number of rotatable bonds is 5. The van der Waals surface area contributed by atoms with Crippen LogP contribution in [0.15, 0.2) is 36.7 Å². The second kappa shape index (κ2) is 9.03. The van der Waals surface area contributed by atoms with Gasteiger partial charge in [-0.05, 0) is 31.2 Å². The molecule has 2 aromatic rings. The molecule has 148 valence electrons. The van der Waals surface area contributed by atoms with Crippen LogP contribution in [-0.4, -0.2) is 66.8 Å². The third kappa shape index (κ3) is 4.67. The van der Waals surface area contributed by atoms with Crippen LogP contribution in [-0.2, 0) is 4.74 Å². The van der Waals surface area contributed by atoms with Gasteiger partial charge in [0.05, 0.1) is 13.7 Å². The van der Waals surface area contributed by atoms with Gasteiger partial charge in [-0.3, -0.25) is 4.79 Å². The first-order valence-electron chi connectivity index (χ1n) is 9.04. The summed E-state index contributed by atoms with van der Waals surface area (Å²) in [5.41, 5.74) is 0.919. The number of hydrogen-bond donors (Lipinski definition) is 1. The van der Waals surface area contributed by atoms with Crippen molar-refractivity contribution in [1.82, 2.24) is 14.9 Å². The number of benzene rings is 1. The summed E-state index contributed by atoms with van der Waals surface area (Å²) in [6, 6.07) is 8.70. The molecule has 2 heterocycles. The van der Waals surface area contributed by atoms with E-state index < -0.39 is 0 Å². The maximum atomic E-state index is 12.5. The molecule has 1 fully saturated rings. The summed E-state index contributed by atoms with van der Waals surface area (Å²) < 4.78 is 10.1. The molecule has 0 unspecified atom stereocenters. The zero-order valence-electron chi connectivity index (χ0n) is 15.9. The van der Waals surface area contributed by atoms with Gasteiger partial charge < -0.3 is 24.6 Å². The molecule has 0 atom stereocenters. The molecule has 1 saturated heterocycles. The fourth-order valence-corrected chi connectivity index (χ4v) is 2.85. The summed E-state index contributed by atoms with van der Waals surface area (Å²) in [7, 11) is 1.59. The Labute approximate surface area is 163 Å². The van der Waals surface area contributed by atoms with E-state index in [0.717, 1.165) is 0 Å². The highest BCUT2D eigenvalue weighted by Gasteiger charge is 2.23. The van der Waals surface area contributed by atoms with Crippen molar-refractivity contribution in [3.05, 3.63) is 42.4 Å². The van der Waals surface area contributed by atoms with Crippen molar-refractivity contribution in [1.29, 1.82) is 0 Å². The maximum absolute atomic E-state index is 12.5. The molecule has 28 heavy (non-hydrogen) atoms. The van der Waals surface area contributed by atoms with E-state index >= 15 is 0 Å². The molecule has 9 nitrogen and oxygen atoms in total. The Morgan fingerprint density at radius 2 is 1.82 bits per heavy atom. The van der Waals surface area contributed by atoms with E-state index in [0.29, 0.717) is 50.0 Å². The number of amides is 2. The fraction of sp³-hybridized carbons (Fsp3) is 0.368. The molecule has 9 heteroatoms. The highest BCUT2D eigenvalue weighted by Crippen LogP contribution is 2.18. The number of nitrogens with zero attached hydrogens (tertiary/aromatic N) is 4. The fourth-order valence-electron chi connectivity index (χ4n) is 2.85. The van der Waals surface area contributed by atoms with Crippen LogP contribution >= 0.6 is 0 Å². The minimum absolute atomic E-state index is 0.272. The Hall–Kier alpha value is -3.36. The maximum Gasteiger partial charge on any atom is 0.409 e. The largest absolute Gasteiger partial charge is 0.497 e. The Bertz CT molecular complexity index is 819. The van der Waals surface area contributed by atoms with Gasteiger partial charge in [0, 0.05) is 37.9 Å². The summed E-state index contributed by atoms with van der Waals surface area (Å²) in [6.45, 7) is 4.43. The van der Waals surface area contributed by atoms with E-state index in [9.17, 15) is 9.59 Å². The molecule has 3 rings (SSSR count). The molecule has 2 amide bonds. The van der Waals surface area contributed by atoms with Crippen molar-refractivity contribution in [2.45, 2.75) is 6.92 Å². The van der Waals surface area contributed by atoms with Crippen molar-refractivity contribution in [3.63, 3.8) is 0 Å². The lowest BCUT2D eigenvalue weighted by atomic mass is 10.2. The topological polar surface area (TPSA) is 96.9 Å². The Morgan fingerprint density at radius 3 is 2.46 bits per heavy atom. The standard InChI is InChI=1S/C19H23N5O4/c1-3-28-19(26)24-10-8-23(9-11-24)17-12-16(20-13-21-17)18(25)22-14-4-6-15(27-2)7-5-14/h4-7,12-13H,3,8-11H2,1-2H3,(H,22,25). The van der Waals surface area contributed by atoms with Crippen molar-refractivity contribution in [3.8, 4) is 5.75 Å². The van der Waals surface area contributed by atoms with Gasteiger partial charge in [0.25, 0.3) is 5.91 Å². The Kier molecular flexibility index (Phi) is 6.25. The average Bonchev–Trinajstić information content (AvgIpc) is 2.74. The van der Waals surface area contributed by atoms with Crippen molar-refractivity contribution >= 4 is 23.5 Å². The highest BCUT2D eigenvalue weighted by molar-refractivity contribution is 6.03. The van der Waals surface area contributed by atoms with Crippen LogP contribution in [0.4, 0.5) is 16.3 Å². The van der Waals surface area contributed by atoms with Gasteiger partial charge in [-0.15, -0.1) is 0 Å². The van der Waals surface area contributed by atoms with E-state index in [1.54, 1.807) is 49.3 Å². The number of aromatic nitrogens is 2. The first kappa shape index (κ1) is 19.4. The Morgan fingerprint density at radius 1 is 1.11 bits per heavy atom. The van der Waals surface area contributed by atoms with Crippen LogP contribution < -0.4 is 15.0 Å². The van der Waals surface area contributed by atoms with Gasteiger partial charge in [-0.1, -0.05) is 0 Å². The third-order valence-electron chi connectivity index (χ3n) is 4.36. The smallest absolute Gasteiger partial charge is 0.409 e. The zero-order valence-corrected chi connectivity index (χ0v) is 15.9. The van der Waals surface area contributed by atoms with E-state index in [-0.39, 0.29) is 17.7 Å². The summed E-state index contributed by atoms with van der Waals surface area (Å²) in [5.74, 6) is 1.04. The summed E-state index contributed by atoms with van der Waals surface area (Å²) in [5, 5.41) is 2.80. The lowest BCUT2D eigenvalue weighted by Gasteiger charge is -2.34. The first-order valence-corrected chi connectivity index (χ1v) is 9.04. The average molecular weight is 385 g/mol. The summed E-state index contributed by atoms with van der Waals surface area (Å²) in [6.07, 6.45) is 1.07. The third-order valence-corrected chi connectivity index (χ3v) is 4.36. The lowest BCUT2D eigenvalue weighted by molar-refractivity contribution is 0.102. The number of ether oxygens (including phenoxy) is 2. The minimum atomic E-state index is -0.320. The first-order chi connectivity index (χ1) is 13.6. The number of methoxy groups -OCH3 is 1. The van der Waals surface area contributed by atoms with Gasteiger partial charge in [-0.25, -0.2) is 14.8 Å². The van der Waals surface area contributed by atoms with E-state index in [4.69, 9.17) is 9.47 Å². The van der Waals surface area contributed by atoms with Crippen molar-refractivity contribution in [2.24, 2.45) is 0 Å². The van der Waals surface area contributed by atoms with E-state index in [1.807, 2.05) is 4.90 Å². The monoisotopic (exact) mass is 385 g/mol. The van der Waals surface area contributed by atoms with Crippen LogP contribution in [0, 0.1) is 0 Å². The molecule has 1 aliphatic rings. The number of piperazine rings is 1. The lowest BCUT2D eigenvalue weighted by Crippen LogP contribution is -2.49. The van der Waals surface area contributed by atoms with Gasteiger partial charge >= 0.3 is 6.09 Å². The number of nitrogens with one attached hydrogen (secondary N) is 1. The van der Waals surface area contributed by atoms with Crippen molar-refractivity contribution < 1.29 is 19.1 Å². The predicted octanol–water partition coefficient (Wildman–Crippen LogP) is 2.02. The number of anilines is 2.